The van der Waals surface area contributed by atoms with E-state index in [1.807, 2.05) is 218 Å². The highest BCUT2D eigenvalue weighted by Gasteiger charge is 2.47. The maximum absolute atomic E-state index is 11.5. The van der Waals surface area contributed by atoms with Crippen LogP contribution in [-0.4, -0.2) is 15.8 Å². The van der Waals surface area contributed by atoms with Gasteiger partial charge in [-0.3, -0.25) is 0 Å². The van der Waals surface area contributed by atoms with E-state index in [2.05, 4.69) is 272 Å². The van der Waals surface area contributed by atoms with Crippen molar-refractivity contribution >= 4 is 101 Å². The first-order chi connectivity index (χ1) is 69.5. The smallest absolute Gasteiger partial charge is 0.252 e. The number of nitrogens with zero attached hydrogens (tertiary/aromatic N) is 4. The molecule has 0 unspecified atom stereocenters. The largest absolute Gasteiger partial charge is 0.310 e. The van der Waals surface area contributed by atoms with Crippen LogP contribution in [0.5, 0.6) is 0 Å². The predicted molar refractivity (Wildman–Crippen MR) is 606 cm³/mol. The third-order valence-corrected chi connectivity index (χ3v) is 25.3. The third kappa shape index (κ3) is 22.3. The van der Waals surface area contributed by atoms with Crippen molar-refractivity contribution in [1.82, 2.24) is 9.13 Å². The van der Waals surface area contributed by atoms with E-state index >= 15 is 0 Å². The highest BCUT2D eigenvalue weighted by atomic mass is 15.2. The molecule has 15 aromatic rings. The maximum Gasteiger partial charge on any atom is 0.252 e. The van der Waals surface area contributed by atoms with E-state index in [4.69, 9.17) is 0 Å². The van der Waals surface area contributed by atoms with Crippen LogP contribution >= 0.6 is 0 Å². The van der Waals surface area contributed by atoms with Gasteiger partial charge in [-0.25, -0.2) is 0 Å². The fourth-order valence-corrected chi connectivity index (χ4v) is 21.4. The number of hydrogen-bond acceptors (Lipinski definition) is 2. The highest BCUT2D eigenvalue weighted by Crippen LogP contribution is 2.57. The van der Waals surface area contributed by atoms with Crippen molar-refractivity contribution in [3.05, 3.63) is 304 Å². The van der Waals surface area contributed by atoms with E-state index in [9.17, 15) is 19.2 Å². The van der Waals surface area contributed by atoms with Gasteiger partial charge in [-0.05, 0) is 339 Å². The molecule has 0 aliphatic carbocycles. The lowest BCUT2D eigenvalue weighted by Crippen LogP contribution is -2.61. The standard InChI is InChI=1S/C133H161BN4/c1-123(2,3)74-85-38-34-42-96(58-85)102-66-93(82-131(25,26)27)67-103(97-43-35-39-86(59-97)75-124(4,5)6)121(102)137-116-72-100(135-112-54-46-89(78-127(13,14)15)62-106(112)107-63-90(47-55-113(107)135)79-128(16,17)18)50-52-110(116)134-111-53-51-101(136-114-56-48-91(80-129(19,20)21)64-108(114)109-65-92(49-57-115(109)136)81-130(22,23)24)73-117(111)138(119-71-95(84-133(31,32)33)70-118(137)120(119)134)122-104(98-44-36-40-87(60-98)76-125(7,8)9)68-94(83-132(28,29)30)69-105(122)99-45-37-41-88(61-99)77-126(10,11)12/h34-73H,74-84H2,1-33H3/i78D2,79D2,80D2,81D2,82D2,83D2,84D2. The highest BCUT2D eigenvalue weighted by molar-refractivity contribution is 7.00. The summed E-state index contributed by atoms with van der Waals surface area (Å²) in [6, 6.07) is 85.0. The second kappa shape index (κ2) is 35.7. The van der Waals surface area contributed by atoms with Gasteiger partial charge in [0, 0.05) is 97.1 Å². The summed E-state index contributed by atoms with van der Waals surface area (Å²) < 4.78 is 151. The van der Waals surface area contributed by atoms with Gasteiger partial charge in [-0.15, -0.1) is 0 Å². The molecule has 17 rings (SSSR count). The lowest BCUT2D eigenvalue weighted by atomic mass is 9.33. The summed E-state index contributed by atoms with van der Waals surface area (Å²) in [7, 11) is 0. The summed E-state index contributed by atoms with van der Waals surface area (Å²) >= 11 is 0. The summed E-state index contributed by atoms with van der Waals surface area (Å²) in [5.41, 5.74) is 17.6. The molecule has 0 amide bonds. The Morgan fingerprint density at radius 3 is 0.674 bits per heavy atom. The Bertz CT molecular complexity index is 7160. The van der Waals surface area contributed by atoms with Crippen LogP contribution in [0.4, 0.5) is 34.1 Å². The fraction of sp³-hybridized carbons (Fsp3) is 0.414. The molecule has 0 N–H and O–H groups in total. The van der Waals surface area contributed by atoms with E-state index in [0.29, 0.717) is 110 Å². The minimum absolute atomic E-state index is 0.181. The fourth-order valence-electron chi connectivity index (χ4n) is 21.4. The number of rotatable bonds is 19. The van der Waals surface area contributed by atoms with E-state index in [0.717, 1.165) is 127 Å². The van der Waals surface area contributed by atoms with Gasteiger partial charge in [0.15, 0.2) is 0 Å². The molecule has 4 nitrogen and oxygen atoms in total. The molecule has 0 bridgehead atoms. The summed E-state index contributed by atoms with van der Waals surface area (Å²) in [6.45, 7) is 67.1. The number of benzene rings is 13. The molecule has 0 spiro atoms. The average Bonchev–Trinajstić information content (AvgIpc) is 0.719. The molecule has 0 saturated carbocycles. The van der Waals surface area contributed by atoms with Crippen molar-refractivity contribution in [3.63, 3.8) is 0 Å². The predicted octanol–water partition coefficient (Wildman–Crippen LogP) is 36.1. The van der Waals surface area contributed by atoms with Crippen LogP contribution in [0, 0.1) is 59.6 Å². The van der Waals surface area contributed by atoms with Crippen LogP contribution < -0.4 is 26.2 Å². The van der Waals surface area contributed by atoms with Gasteiger partial charge < -0.3 is 18.9 Å². The summed E-state index contributed by atoms with van der Waals surface area (Å²) in [6.07, 6.45) is -10.7. The zero-order valence-corrected chi connectivity index (χ0v) is 89.3. The second-order valence-corrected chi connectivity index (χ2v) is 52.3. The SMILES string of the molecule is [2H]C([2H])(c1cc(-c2cccc(CC(C)(C)C)c2)c(N2c3cc(-n4c5ccc(C([2H])([2H])C(C)(C)C)cc5c5cc(C([2H])([2H])C(C)(C)C)ccc54)ccc3B3c4ccc(-n5c6ccc(C([2H])([2H])C(C)(C)C)cc6c6cc(C([2H])([2H])C(C)(C)C)ccc65)cc4N(c4c(-c5cccc(CC(C)(C)C)c5)cc(C([2H])([2H])C(C)(C)C)cc4-c4cccc(CC(C)(C)C)c4)c4cc(C([2H])([2H])C(C)(C)C)cc2c43)c(-c2cccc(CC(C)(C)C)c2)c1)C(C)(C)C. The van der Waals surface area contributed by atoms with Crippen LogP contribution in [0.2, 0.25) is 0 Å². The molecule has 5 heteroatoms. The summed E-state index contributed by atoms with van der Waals surface area (Å²) in [5.74, 6) is 0. The summed E-state index contributed by atoms with van der Waals surface area (Å²) in [5, 5.41) is 2.93. The topological polar surface area (TPSA) is 16.3 Å². The quantitative estimate of drug-likeness (QED) is 0.0750. The first-order valence-electron chi connectivity index (χ1n) is 57.6. The maximum atomic E-state index is 11.5. The number of hydrogen-bond donors (Lipinski definition) is 0. The van der Waals surface area contributed by atoms with Crippen molar-refractivity contribution in [2.24, 2.45) is 59.6 Å². The Balaban J connectivity index is 1.15. The van der Waals surface area contributed by atoms with E-state index < -0.39 is 89.2 Å². The lowest BCUT2D eigenvalue weighted by Gasteiger charge is -2.46. The Morgan fingerprint density at radius 2 is 0.442 bits per heavy atom. The monoisotopic (exact) mass is 1840 g/mol. The molecule has 0 atom stereocenters. The number of anilines is 6. The average molecular weight is 1840 g/mol. The van der Waals surface area contributed by atoms with E-state index in [1.165, 1.54) is 0 Å². The van der Waals surface area contributed by atoms with Gasteiger partial charge in [0.05, 0.1) is 33.4 Å². The minimum atomic E-state index is -2.20. The molecule has 0 fully saturated rings. The van der Waals surface area contributed by atoms with Crippen LogP contribution in [-0.2, 0) is 70.3 Å². The molecule has 138 heavy (non-hydrogen) atoms. The Labute approximate surface area is 852 Å². The molecule has 4 heterocycles. The number of aromatic nitrogens is 2. The van der Waals surface area contributed by atoms with Gasteiger partial charge >= 0.3 is 0 Å². The van der Waals surface area contributed by atoms with Gasteiger partial charge in [-0.2, -0.15) is 0 Å². The van der Waals surface area contributed by atoms with Gasteiger partial charge in [-0.1, -0.05) is 362 Å². The molecule has 716 valence electrons. The zero-order chi connectivity index (χ0) is 112. The van der Waals surface area contributed by atoms with E-state index in [1.54, 1.807) is 0 Å². The van der Waals surface area contributed by atoms with Crippen molar-refractivity contribution in [2.75, 3.05) is 9.80 Å². The normalized spacial score (nSPS) is 16.1. The summed E-state index contributed by atoms with van der Waals surface area (Å²) in [4.78, 5) is 4.84. The Kier molecular flexibility index (Phi) is 21.2. The van der Waals surface area contributed by atoms with Crippen molar-refractivity contribution < 1.29 is 19.2 Å². The van der Waals surface area contributed by atoms with Gasteiger partial charge in [0.25, 0.3) is 6.71 Å². The molecule has 2 aromatic heterocycles. The molecule has 13 aromatic carbocycles. The minimum Gasteiger partial charge on any atom is -0.310 e. The van der Waals surface area contributed by atoms with Crippen LogP contribution in [0.25, 0.3) is 99.5 Å². The Hall–Kier alpha value is -10.9. The van der Waals surface area contributed by atoms with Crippen LogP contribution in [0.15, 0.2) is 243 Å². The van der Waals surface area contributed by atoms with Crippen molar-refractivity contribution in [3.8, 4) is 55.9 Å². The molecule has 0 saturated heterocycles. The second-order valence-electron chi connectivity index (χ2n) is 52.3. The Morgan fingerprint density at radius 1 is 0.210 bits per heavy atom. The van der Waals surface area contributed by atoms with Crippen LogP contribution in [0.1, 0.15) is 309 Å². The van der Waals surface area contributed by atoms with Crippen LogP contribution in [0.3, 0.4) is 0 Å². The van der Waals surface area contributed by atoms with E-state index in [-0.39, 0.29) is 21.7 Å². The molecule has 2 aliphatic heterocycles. The molecule has 2 aliphatic rings. The van der Waals surface area contributed by atoms with Gasteiger partial charge in [0.2, 0.25) is 0 Å². The molecular weight excluding hydrogens is 1660 g/mol. The number of fused-ring (bicyclic) bond motifs is 10. The zero-order valence-electron chi connectivity index (χ0n) is 103. The third-order valence-electron chi connectivity index (χ3n) is 25.3. The molecular formula is C133H161BN4. The van der Waals surface area contributed by atoms with Crippen molar-refractivity contribution in [1.29, 1.82) is 0 Å². The van der Waals surface area contributed by atoms with Gasteiger partial charge in [0.1, 0.15) is 0 Å². The molecule has 0 radical (unpaired) electrons. The first kappa shape index (κ1) is 81.9. The first-order valence-corrected chi connectivity index (χ1v) is 50.6. The lowest BCUT2D eigenvalue weighted by molar-refractivity contribution is 0.410. The van der Waals surface area contributed by atoms with Crippen molar-refractivity contribution in [2.45, 2.75) is 299 Å².